The average Bonchev–Trinajstić information content (AvgIpc) is 3.37. The van der Waals surface area contributed by atoms with Crippen LogP contribution in [0.15, 0.2) is 18.6 Å². The van der Waals surface area contributed by atoms with Crippen LogP contribution in [0.25, 0.3) is 0 Å². The van der Waals surface area contributed by atoms with Crippen LogP contribution in [0.2, 0.25) is 0 Å². The van der Waals surface area contributed by atoms with E-state index >= 15 is 0 Å². The van der Waals surface area contributed by atoms with Gasteiger partial charge < -0.3 is 19.7 Å². The number of rotatable bonds is 7. The van der Waals surface area contributed by atoms with E-state index in [2.05, 4.69) is 15.4 Å². The first kappa shape index (κ1) is 21.3. The summed E-state index contributed by atoms with van der Waals surface area (Å²) in [4.78, 5) is 31.9. The Hall–Kier alpha value is -2.46. The molecule has 1 aliphatic rings. The Bertz CT molecular complexity index is 872. The number of hydrogen-bond acceptors (Lipinski definition) is 7. The molecule has 0 bridgehead atoms. The van der Waals surface area contributed by atoms with Crippen LogP contribution in [0, 0.1) is 5.92 Å². The van der Waals surface area contributed by atoms with Crippen molar-refractivity contribution in [3.05, 3.63) is 24.2 Å². The molecule has 0 aliphatic carbocycles. The van der Waals surface area contributed by atoms with E-state index in [0.29, 0.717) is 23.3 Å². The van der Waals surface area contributed by atoms with Gasteiger partial charge in [0.25, 0.3) is 0 Å². The number of amides is 2. The summed E-state index contributed by atoms with van der Waals surface area (Å²) >= 11 is 1.24. The van der Waals surface area contributed by atoms with Gasteiger partial charge in [-0.3, -0.25) is 14.3 Å². The minimum absolute atomic E-state index is 0.0518. The van der Waals surface area contributed by atoms with Crippen molar-refractivity contribution in [3.8, 4) is 5.06 Å². The van der Waals surface area contributed by atoms with Gasteiger partial charge >= 0.3 is 0 Å². The van der Waals surface area contributed by atoms with Crippen molar-refractivity contribution in [2.45, 2.75) is 45.3 Å². The maximum Gasteiger partial charge on any atom is 0.232 e. The predicted octanol–water partition coefficient (Wildman–Crippen LogP) is 2.32. The lowest BCUT2D eigenvalue weighted by atomic mass is 9.93. The summed E-state index contributed by atoms with van der Waals surface area (Å²) in [6.07, 6.45) is 5.30. The fourth-order valence-electron chi connectivity index (χ4n) is 3.59. The van der Waals surface area contributed by atoms with E-state index in [9.17, 15) is 9.59 Å². The molecule has 0 radical (unpaired) electrons. The lowest BCUT2D eigenvalue weighted by Gasteiger charge is -2.38. The molecule has 1 aliphatic heterocycles. The van der Waals surface area contributed by atoms with E-state index in [-0.39, 0.29) is 18.2 Å². The summed E-state index contributed by atoms with van der Waals surface area (Å²) in [7, 11) is 3.18. The van der Waals surface area contributed by atoms with Gasteiger partial charge in [-0.2, -0.15) is 5.10 Å². The highest BCUT2D eigenvalue weighted by Gasteiger charge is 2.49. The van der Waals surface area contributed by atoms with Crippen LogP contribution < -0.4 is 10.1 Å². The third-order valence-corrected chi connectivity index (χ3v) is 5.69. The molecule has 9 nitrogen and oxygen atoms in total. The summed E-state index contributed by atoms with van der Waals surface area (Å²) in [5.41, 5.74) is 0.397. The van der Waals surface area contributed by atoms with E-state index in [1.54, 1.807) is 36.2 Å². The van der Waals surface area contributed by atoms with Gasteiger partial charge in [0.2, 0.25) is 11.8 Å². The Morgan fingerprint density at radius 2 is 2.10 bits per heavy atom. The minimum Gasteiger partial charge on any atom is -0.486 e. The zero-order valence-corrected chi connectivity index (χ0v) is 18.2. The highest BCUT2D eigenvalue weighted by molar-refractivity contribution is 7.17. The van der Waals surface area contributed by atoms with Crippen molar-refractivity contribution in [1.29, 1.82) is 0 Å². The van der Waals surface area contributed by atoms with E-state index in [0.717, 1.165) is 5.56 Å². The molecule has 10 heteroatoms. The number of hydrogen-bond donors (Lipinski definition) is 1. The zero-order chi connectivity index (χ0) is 21.2. The first-order valence-electron chi connectivity index (χ1n) is 9.38. The quantitative estimate of drug-likeness (QED) is 0.737. The molecule has 2 aromatic rings. The average molecular weight is 422 g/mol. The Balaban J connectivity index is 1.88. The summed E-state index contributed by atoms with van der Waals surface area (Å²) in [5.74, 6) is -0.836. The maximum absolute atomic E-state index is 13.1. The van der Waals surface area contributed by atoms with Gasteiger partial charge in [0, 0.05) is 30.8 Å². The molecule has 0 unspecified atom stereocenters. The van der Waals surface area contributed by atoms with Crippen molar-refractivity contribution in [3.63, 3.8) is 0 Å². The van der Waals surface area contributed by atoms with E-state index in [1.807, 2.05) is 27.0 Å². The van der Waals surface area contributed by atoms with Gasteiger partial charge in [0.1, 0.15) is 0 Å². The molecule has 0 aromatic carbocycles. The molecule has 0 saturated carbocycles. The van der Waals surface area contributed by atoms with Crippen molar-refractivity contribution in [1.82, 2.24) is 19.7 Å². The predicted molar refractivity (Wildman–Crippen MR) is 109 cm³/mol. The van der Waals surface area contributed by atoms with Crippen molar-refractivity contribution >= 4 is 28.3 Å². The first-order chi connectivity index (χ1) is 13.7. The number of carbonyl (C=O) groups excluding carboxylic acids is 2. The molecule has 158 valence electrons. The van der Waals surface area contributed by atoms with Gasteiger partial charge in [-0.05, 0) is 20.8 Å². The van der Waals surface area contributed by atoms with E-state index in [4.69, 9.17) is 9.47 Å². The SMILES string of the molecule is COCCn1cc([C@H]2[C@H](C(=O)Nc3ncc(OC)s3)CC(=O)N2C(C)(C)C)cn1. The Morgan fingerprint density at radius 3 is 2.72 bits per heavy atom. The molecule has 1 saturated heterocycles. The summed E-state index contributed by atoms with van der Waals surface area (Å²) in [5, 5.41) is 8.26. The topological polar surface area (TPSA) is 98.6 Å². The van der Waals surface area contributed by atoms with E-state index < -0.39 is 17.5 Å². The Kier molecular flexibility index (Phi) is 6.23. The van der Waals surface area contributed by atoms with Crippen LogP contribution >= 0.6 is 11.3 Å². The smallest absolute Gasteiger partial charge is 0.232 e. The number of aromatic nitrogens is 3. The van der Waals surface area contributed by atoms with Crippen LogP contribution in [0.5, 0.6) is 5.06 Å². The van der Waals surface area contributed by atoms with Crippen LogP contribution in [0.3, 0.4) is 0 Å². The number of ether oxygens (including phenoxy) is 2. The molecular formula is C19H27N5O4S. The number of nitrogens with zero attached hydrogens (tertiary/aromatic N) is 4. The van der Waals surface area contributed by atoms with E-state index in [1.165, 1.54) is 11.3 Å². The normalized spacial score (nSPS) is 19.6. The summed E-state index contributed by atoms with van der Waals surface area (Å²) in [6, 6.07) is -0.402. The molecule has 0 spiro atoms. The number of anilines is 1. The lowest BCUT2D eigenvalue weighted by Crippen LogP contribution is -2.44. The van der Waals surface area contributed by atoms with Crippen LogP contribution in [-0.2, 0) is 20.9 Å². The fraction of sp³-hybridized carbons (Fsp3) is 0.579. The molecule has 2 atom stereocenters. The van der Waals surface area contributed by atoms with Gasteiger partial charge in [-0.15, -0.1) is 0 Å². The minimum atomic E-state index is -0.545. The monoisotopic (exact) mass is 421 g/mol. The zero-order valence-electron chi connectivity index (χ0n) is 17.3. The number of carbonyl (C=O) groups is 2. The molecular weight excluding hydrogens is 394 g/mol. The largest absolute Gasteiger partial charge is 0.486 e. The van der Waals surface area contributed by atoms with Crippen molar-refractivity contribution < 1.29 is 19.1 Å². The number of thiazole rings is 1. The standard InChI is InChI=1S/C19H27N5O4S/c1-19(2,3)24-14(25)8-13(17(26)22-18-20-10-15(28-5)29-18)16(24)12-9-21-23(11-12)6-7-27-4/h9-11,13,16H,6-8H2,1-5H3,(H,20,22,26)/t13-,16+/m1/s1. The second-order valence-electron chi connectivity index (χ2n) is 7.90. The number of nitrogens with one attached hydrogen (secondary N) is 1. The Labute approximate surface area is 174 Å². The van der Waals surface area contributed by atoms with Crippen LogP contribution in [0.4, 0.5) is 5.13 Å². The van der Waals surface area contributed by atoms with Crippen LogP contribution in [-0.4, -0.2) is 57.8 Å². The van der Waals surface area contributed by atoms with Crippen LogP contribution in [0.1, 0.15) is 38.8 Å². The maximum atomic E-state index is 13.1. The summed E-state index contributed by atoms with van der Waals surface area (Å²) in [6.45, 7) is 7.05. The third kappa shape index (κ3) is 4.59. The summed E-state index contributed by atoms with van der Waals surface area (Å²) < 4.78 is 12.0. The molecule has 2 amide bonds. The molecule has 3 heterocycles. The Morgan fingerprint density at radius 1 is 1.34 bits per heavy atom. The number of likely N-dealkylation sites (tertiary alicyclic amines) is 1. The second kappa shape index (κ2) is 8.50. The third-order valence-electron chi connectivity index (χ3n) is 4.82. The molecule has 29 heavy (non-hydrogen) atoms. The van der Waals surface area contributed by atoms with Gasteiger partial charge in [-0.1, -0.05) is 11.3 Å². The highest BCUT2D eigenvalue weighted by atomic mass is 32.1. The molecule has 1 N–H and O–H groups in total. The van der Waals surface area contributed by atoms with Gasteiger partial charge in [0.05, 0.1) is 44.6 Å². The fourth-order valence-corrected chi connectivity index (χ4v) is 4.23. The molecule has 1 fully saturated rings. The van der Waals surface area contributed by atoms with Gasteiger partial charge in [-0.25, -0.2) is 4.98 Å². The number of methoxy groups -OCH3 is 2. The second-order valence-corrected chi connectivity index (χ2v) is 8.89. The van der Waals surface area contributed by atoms with Crippen molar-refractivity contribution in [2.75, 3.05) is 26.1 Å². The molecule has 3 rings (SSSR count). The van der Waals surface area contributed by atoms with Crippen molar-refractivity contribution in [2.24, 2.45) is 5.92 Å². The molecule has 2 aromatic heterocycles. The first-order valence-corrected chi connectivity index (χ1v) is 10.2. The highest BCUT2D eigenvalue weighted by Crippen LogP contribution is 2.43. The van der Waals surface area contributed by atoms with Gasteiger partial charge in [0.15, 0.2) is 10.2 Å². The lowest BCUT2D eigenvalue weighted by molar-refractivity contribution is -0.133.